The number of hydrogen-bond donors (Lipinski definition) is 1. The fraction of sp³-hybridized carbons (Fsp3) is 0.333. The molecule has 1 saturated heterocycles. The number of thiocarbonyl (C=S) groups is 1. The van der Waals surface area contributed by atoms with E-state index in [2.05, 4.69) is 0 Å². The lowest BCUT2D eigenvalue weighted by Crippen LogP contribution is -2.29. The number of carboxylic acids is 1. The first-order valence-corrected chi connectivity index (χ1v) is 9.31. The summed E-state index contributed by atoms with van der Waals surface area (Å²) in [7, 11) is 1.49. The lowest BCUT2D eigenvalue weighted by atomic mass is 10.2. The van der Waals surface area contributed by atoms with Crippen LogP contribution in [0.5, 0.6) is 11.5 Å². The molecule has 0 radical (unpaired) electrons. The molecule has 144 valence electrons. The van der Waals surface area contributed by atoms with Gasteiger partial charge in [-0.25, -0.2) is 0 Å². The van der Waals surface area contributed by atoms with Crippen molar-refractivity contribution in [1.29, 1.82) is 0 Å². The molecule has 0 aliphatic carbocycles. The van der Waals surface area contributed by atoms with Gasteiger partial charge in [0.05, 0.1) is 12.0 Å². The molecule has 1 heterocycles. The molecule has 1 aromatic carbocycles. The highest BCUT2D eigenvalue weighted by Gasteiger charge is 2.31. The van der Waals surface area contributed by atoms with Gasteiger partial charge in [0.2, 0.25) is 0 Å². The van der Waals surface area contributed by atoms with E-state index in [0.29, 0.717) is 32.7 Å². The number of ether oxygens (including phenoxy) is 2. The lowest BCUT2D eigenvalue weighted by Gasteiger charge is -2.13. The van der Waals surface area contributed by atoms with Gasteiger partial charge in [-0.15, -0.1) is 0 Å². The minimum Gasteiger partial charge on any atom is -0.493 e. The molecule has 1 N–H and O–H groups in total. The smallest absolute Gasteiger partial charge is 0.303 e. The molecule has 0 bridgehead atoms. The highest BCUT2D eigenvalue weighted by molar-refractivity contribution is 8.26. The van der Waals surface area contributed by atoms with Gasteiger partial charge in [-0.1, -0.05) is 30.0 Å². The largest absolute Gasteiger partial charge is 0.493 e. The molecule has 27 heavy (non-hydrogen) atoms. The molecule has 0 spiro atoms. The Morgan fingerprint density at radius 1 is 1.33 bits per heavy atom. The Hall–Kier alpha value is -2.39. The molecule has 0 saturated carbocycles. The molecule has 1 aliphatic rings. The zero-order valence-electron chi connectivity index (χ0n) is 14.9. The Labute approximate surface area is 166 Å². The topological polar surface area (TPSA) is 93.1 Å². The third-order valence-corrected chi connectivity index (χ3v) is 4.94. The Balaban J connectivity index is 2.13. The molecule has 2 rings (SSSR count). The number of carboxylic acid groups (broad SMARTS) is 1. The van der Waals surface area contributed by atoms with Crippen molar-refractivity contribution in [3.05, 3.63) is 28.7 Å². The molecular weight excluding hydrogens is 390 g/mol. The fourth-order valence-corrected chi connectivity index (χ4v) is 3.61. The number of methoxy groups -OCH3 is 1. The summed E-state index contributed by atoms with van der Waals surface area (Å²) in [6.07, 6.45) is 2.01. The molecule has 1 amide bonds. The van der Waals surface area contributed by atoms with E-state index in [0.717, 1.165) is 0 Å². The van der Waals surface area contributed by atoms with Gasteiger partial charge < -0.3 is 14.6 Å². The van der Waals surface area contributed by atoms with Crippen LogP contribution >= 0.6 is 24.0 Å². The summed E-state index contributed by atoms with van der Waals surface area (Å²) in [5, 5.41) is 8.71. The van der Waals surface area contributed by atoms with E-state index >= 15 is 0 Å². The van der Waals surface area contributed by atoms with Gasteiger partial charge in [-0.2, -0.15) is 0 Å². The van der Waals surface area contributed by atoms with Crippen LogP contribution in [0.25, 0.3) is 6.08 Å². The number of nitrogens with zero attached hydrogens (tertiary/aromatic N) is 1. The lowest BCUT2D eigenvalue weighted by molar-refractivity contribution is -0.137. The summed E-state index contributed by atoms with van der Waals surface area (Å²) < 4.78 is 11.1. The standard InChI is InChI=1S/C18H19NO6S2/c1-11(20)10-25-13-6-5-12(8-14(13)24-2)9-15-17(23)19(18(26)27-15)7-3-4-16(21)22/h5-6,8-9H,3-4,7,10H2,1-2H3,(H,21,22). The van der Waals surface area contributed by atoms with E-state index in [-0.39, 0.29) is 31.3 Å². The van der Waals surface area contributed by atoms with Gasteiger partial charge in [0.15, 0.2) is 17.3 Å². The van der Waals surface area contributed by atoms with Gasteiger partial charge in [0, 0.05) is 13.0 Å². The second kappa shape index (κ2) is 9.52. The maximum Gasteiger partial charge on any atom is 0.303 e. The van der Waals surface area contributed by atoms with Gasteiger partial charge in [0.1, 0.15) is 10.9 Å². The van der Waals surface area contributed by atoms with E-state index in [4.69, 9.17) is 26.8 Å². The maximum absolute atomic E-state index is 12.5. The molecule has 1 aromatic rings. The Morgan fingerprint density at radius 2 is 2.07 bits per heavy atom. The van der Waals surface area contributed by atoms with E-state index in [1.54, 1.807) is 24.3 Å². The van der Waals surface area contributed by atoms with Crippen LogP contribution in [0.2, 0.25) is 0 Å². The first-order valence-electron chi connectivity index (χ1n) is 8.09. The van der Waals surface area contributed by atoms with Crippen molar-refractivity contribution in [2.75, 3.05) is 20.3 Å². The van der Waals surface area contributed by atoms with E-state index in [1.165, 1.54) is 30.7 Å². The van der Waals surface area contributed by atoms with E-state index in [1.807, 2.05) is 0 Å². The van der Waals surface area contributed by atoms with Crippen molar-refractivity contribution in [3.8, 4) is 11.5 Å². The third kappa shape index (κ3) is 5.80. The predicted octanol–water partition coefficient (Wildman–Crippen LogP) is 2.73. The van der Waals surface area contributed by atoms with Crippen molar-refractivity contribution < 1.29 is 29.0 Å². The number of rotatable bonds is 9. The Morgan fingerprint density at radius 3 is 2.70 bits per heavy atom. The van der Waals surface area contributed by atoms with Crippen LogP contribution in [-0.4, -0.2) is 52.2 Å². The van der Waals surface area contributed by atoms with Crippen LogP contribution < -0.4 is 9.47 Å². The quantitative estimate of drug-likeness (QED) is 0.492. The highest BCUT2D eigenvalue weighted by Crippen LogP contribution is 2.34. The third-order valence-electron chi connectivity index (χ3n) is 3.56. The number of carbonyl (C=O) groups is 3. The number of carbonyl (C=O) groups excluding carboxylic acids is 2. The van der Waals surface area contributed by atoms with Gasteiger partial charge >= 0.3 is 5.97 Å². The highest BCUT2D eigenvalue weighted by atomic mass is 32.2. The Kier molecular flexibility index (Phi) is 7.37. The Bertz CT molecular complexity index is 805. The predicted molar refractivity (Wildman–Crippen MR) is 106 cm³/mol. The summed E-state index contributed by atoms with van der Waals surface area (Å²) in [6, 6.07) is 5.11. The first kappa shape index (κ1) is 20.9. The van der Waals surface area contributed by atoms with Crippen LogP contribution in [0.15, 0.2) is 23.1 Å². The SMILES string of the molecule is COc1cc(C=C2SC(=S)N(CCCC(=O)O)C2=O)ccc1OCC(C)=O. The molecule has 0 unspecified atom stereocenters. The molecule has 9 heteroatoms. The summed E-state index contributed by atoms with van der Waals surface area (Å²) >= 11 is 6.39. The summed E-state index contributed by atoms with van der Waals surface area (Å²) in [5.41, 5.74) is 0.716. The minimum absolute atomic E-state index is 0.0188. The molecular formula is C18H19NO6S2. The molecule has 1 fully saturated rings. The summed E-state index contributed by atoms with van der Waals surface area (Å²) in [5.74, 6) is -0.373. The van der Waals surface area contributed by atoms with Crippen LogP contribution in [0, 0.1) is 0 Å². The second-order valence-corrected chi connectivity index (χ2v) is 7.41. The van der Waals surface area contributed by atoms with Crippen molar-refractivity contribution in [2.45, 2.75) is 19.8 Å². The van der Waals surface area contributed by atoms with Crippen molar-refractivity contribution in [1.82, 2.24) is 4.90 Å². The minimum atomic E-state index is -0.907. The van der Waals surface area contributed by atoms with Gasteiger partial charge in [-0.3, -0.25) is 19.3 Å². The molecule has 7 nitrogen and oxygen atoms in total. The number of Topliss-reactive ketones (excluding diaryl/α,β-unsaturated/α-hetero) is 1. The molecule has 0 aromatic heterocycles. The van der Waals surface area contributed by atoms with Crippen LogP contribution in [0.3, 0.4) is 0 Å². The van der Waals surface area contributed by atoms with Gasteiger partial charge in [0.25, 0.3) is 5.91 Å². The summed E-state index contributed by atoms with van der Waals surface area (Å²) in [6.45, 7) is 1.65. The number of hydrogen-bond acceptors (Lipinski definition) is 7. The molecule has 1 aliphatic heterocycles. The van der Waals surface area contributed by atoms with Crippen LogP contribution in [0.1, 0.15) is 25.3 Å². The first-order chi connectivity index (χ1) is 12.8. The van der Waals surface area contributed by atoms with Crippen molar-refractivity contribution in [2.24, 2.45) is 0 Å². The summed E-state index contributed by atoms with van der Waals surface area (Å²) in [4.78, 5) is 36.0. The fourth-order valence-electron chi connectivity index (χ4n) is 2.31. The van der Waals surface area contributed by atoms with Crippen molar-refractivity contribution in [3.63, 3.8) is 0 Å². The average molecular weight is 409 g/mol. The van der Waals surface area contributed by atoms with Crippen LogP contribution in [0.4, 0.5) is 0 Å². The number of thioether (sulfide) groups is 1. The normalized spacial score (nSPS) is 15.3. The average Bonchev–Trinajstić information content (AvgIpc) is 2.87. The number of aliphatic carboxylic acids is 1. The van der Waals surface area contributed by atoms with Gasteiger partial charge in [-0.05, 0) is 37.1 Å². The van der Waals surface area contributed by atoms with Crippen LogP contribution in [-0.2, 0) is 14.4 Å². The number of ketones is 1. The van der Waals surface area contributed by atoms with Crippen molar-refractivity contribution >= 4 is 52.0 Å². The zero-order valence-corrected chi connectivity index (χ0v) is 16.5. The second-order valence-electron chi connectivity index (χ2n) is 5.73. The zero-order chi connectivity index (χ0) is 20.0. The maximum atomic E-state index is 12.5. The van der Waals surface area contributed by atoms with E-state index in [9.17, 15) is 14.4 Å². The number of amides is 1. The molecule has 0 atom stereocenters. The monoisotopic (exact) mass is 409 g/mol. The number of benzene rings is 1. The van der Waals surface area contributed by atoms with E-state index < -0.39 is 5.97 Å².